The van der Waals surface area contributed by atoms with Crippen molar-refractivity contribution in [3.05, 3.63) is 82.9 Å². The monoisotopic (exact) mass is 477 g/mol. The van der Waals surface area contributed by atoms with Crippen molar-refractivity contribution in [2.75, 3.05) is 33.4 Å². The normalized spacial score (nSPS) is 16.9. The van der Waals surface area contributed by atoms with Gasteiger partial charge in [0.15, 0.2) is 5.75 Å². The summed E-state index contributed by atoms with van der Waals surface area (Å²) < 4.78 is 16.9. The highest BCUT2D eigenvalue weighted by atomic mass is 35.5. The third-order valence-corrected chi connectivity index (χ3v) is 6.01. The number of benzene rings is 3. The summed E-state index contributed by atoms with van der Waals surface area (Å²) in [7, 11) is 1.36. The smallest absolute Gasteiger partial charge is 0.337 e. The number of aliphatic imine (C=N–C) groups is 1. The number of hydrogen-bond acceptors (Lipinski definition) is 7. The number of methoxy groups -OCH3 is 1. The SMILES string of the molecule is COC(=O)c1ccc(OCC2CN(C3=Nc4cc(Cl)ccc4Oc4ccccc43)CCN2)cc1. The molecule has 1 fully saturated rings. The van der Waals surface area contributed by atoms with Gasteiger partial charge < -0.3 is 24.4 Å². The minimum absolute atomic E-state index is 0.0897. The standard InChI is InChI=1S/C26H24ClN3O4/c1-32-26(31)17-6-9-20(10-7-17)33-16-19-15-30(13-12-28-19)25-21-4-2-3-5-23(21)34-24-11-8-18(27)14-22(24)29-25/h2-11,14,19,28H,12-13,15-16H2,1H3. The average Bonchev–Trinajstić information content (AvgIpc) is 3.04. The quantitative estimate of drug-likeness (QED) is 0.551. The molecular weight excluding hydrogens is 454 g/mol. The van der Waals surface area contributed by atoms with E-state index in [4.69, 9.17) is 30.8 Å². The van der Waals surface area contributed by atoms with Gasteiger partial charge >= 0.3 is 5.97 Å². The van der Waals surface area contributed by atoms with Crippen LogP contribution in [0.25, 0.3) is 0 Å². The van der Waals surface area contributed by atoms with Gasteiger partial charge in [0.25, 0.3) is 0 Å². The molecule has 2 aliphatic heterocycles. The Bertz CT molecular complexity index is 1230. The van der Waals surface area contributed by atoms with Gasteiger partial charge in [0, 0.05) is 24.7 Å². The van der Waals surface area contributed by atoms with E-state index >= 15 is 0 Å². The zero-order valence-corrected chi connectivity index (χ0v) is 19.4. The predicted octanol–water partition coefficient (Wildman–Crippen LogP) is 4.66. The molecule has 1 saturated heterocycles. The Morgan fingerprint density at radius 1 is 1.15 bits per heavy atom. The van der Waals surface area contributed by atoms with E-state index < -0.39 is 0 Å². The Balaban J connectivity index is 1.34. The van der Waals surface area contributed by atoms with Crippen molar-refractivity contribution >= 4 is 29.1 Å². The number of esters is 1. The third-order valence-electron chi connectivity index (χ3n) is 5.78. The van der Waals surface area contributed by atoms with Crippen molar-refractivity contribution in [3.63, 3.8) is 0 Å². The van der Waals surface area contributed by atoms with Crippen LogP contribution in [0.1, 0.15) is 15.9 Å². The van der Waals surface area contributed by atoms with Crippen molar-refractivity contribution in [1.82, 2.24) is 10.2 Å². The number of rotatable bonds is 4. The van der Waals surface area contributed by atoms with Crippen LogP contribution in [-0.4, -0.2) is 56.1 Å². The first-order valence-corrected chi connectivity index (χ1v) is 11.4. The molecule has 0 radical (unpaired) electrons. The van der Waals surface area contributed by atoms with E-state index in [-0.39, 0.29) is 12.0 Å². The summed E-state index contributed by atoms with van der Waals surface area (Å²) in [5.41, 5.74) is 2.13. The molecule has 0 bridgehead atoms. The van der Waals surface area contributed by atoms with Gasteiger partial charge in [-0.05, 0) is 54.6 Å². The minimum atomic E-state index is -0.368. The first-order chi connectivity index (χ1) is 16.6. The molecule has 0 aromatic heterocycles. The second-order valence-electron chi connectivity index (χ2n) is 8.07. The fourth-order valence-corrected chi connectivity index (χ4v) is 4.24. The van der Waals surface area contributed by atoms with Gasteiger partial charge in [-0.25, -0.2) is 9.79 Å². The van der Waals surface area contributed by atoms with E-state index in [9.17, 15) is 4.79 Å². The van der Waals surface area contributed by atoms with Crippen LogP contribution in [0.3, 0.4) is 0 Å². The Kier molecular flexibility index (Phi) is 6.38. The number of amidine groups is 1. The van der Waals surface area contributed by atoms with Crippen LogP contribution in [-0.2, 0) is 4.74 Å². The second kappa shape index (κ2) is 9.75. The number of ether oxygens (including phenoxy) is 3. The second-order valence-corrected chi connectivity index (χ2v) is 8.51. The molecule has 7 nitrogen and oxygen atoms in total. The zero-order chi connectivity index (χ0) is 23.5. The van der Waals surface area contributed by atoms with E-state index in [0.29, 0.717) is 40.9 Å². The lowest BCUT2D eigenvalue weighted by molar-refractivity contribution is 0.0600. The van der Waals surface area contributed by atoms with Crippen LogP contribution in [0.15, 0.2) is 71.7 Å². The van der Waals surface area contributed by atoms with Crippen molar-refractivity contribution < 1.29 is 19.0 Å². The number of carbonyl (C=O) groups is 1. The van der Waals surface area contributed by atoms with Crippen molar-refractivity contribution in [1.29, 1.82) is 0 Å². The summed E-state index contributed by atoms with van der Waals surface area (Å²) in [5, 5.41) is 4.13. The number of carbonyl (C=O) groups excluding carboxylic acids is 1. The van der Waals surface area contributed by atoms with Crippen molar-refractivity contribution in [2.45, 2.75) is 6.04 Å². The highest BCUT2D eigenvalue weighted by Crippen LogP contribution is 2.39. The maximum Gasteiger partial charge on any atom is 0.337 e. The highest BCUT2D eigenvalue weighted by Gasteiger charge is 2.27. The number of nitrogens with one attached hydrogen (secondary N) is 1. The van der Waals surface area contributed by atoms with Crippen LogP contribution in [0.2, 0.25) is 5.02 Å². The Labute approximate surface area is 202 Å². The maximum absolute atomic E-state index is 11.6. The molecule has 1 atom stereocenters. The van der Waals surface area contributed by atoms with Crippen LogP contribution in [0, 0.1) is 0 Å². The number of piperazine rings is 1. The van der Waals surface area contributed by atoms with Crippen LogP contribution < -0.4 is 14.8 Å². The molecule has 2 aliphatic rings. The van der Waals surface area contributed by atoms with Gasteiger partial charge in [0.1, 0.15) is 29.6 Å². The van der Waals surface area contributed by atoms with Gasteiger partial charge in [-0.2, -0.15) is 0 Å². The molecule has 5 rings (SSSR count). The molecule has 3 aromatic carbocycles. The van der Waals surface area contributed by atoms with Gasteiger partial charge in [-0.3, -0.25) is 0 Å². The molecular formula is C26H24ClN3O4. The highest BCUT2D eigenvalue weighted by molar-refractivity contribution is 6.31. The Hall–Kier alpha value is -3.55. The molecule has 0 amide bonds. The topological polar surface area (TPSA) is 72.4 Å². The van der Waals surface area contributed by atoms with E-state index in [1.54, 1.807) is 30.3 Å². The summed E-state index contributed by atoms with van der Waals surface area (Å²) >= 11 is 6.24. The molecule has 1 unspecified atom stereocenters. The van der Waals surface area contributed by atoms with Gasteiger partial charge in [-0.1, -0.05) is 23.7 Å². The Morgan fingerprint density at radius 2 is 1.97 bits per heavy atom. The lowest BCUT2D eigenvalue weighted by atomic mass is 10.1. The summed E-state index contributed by atoms with van der Waals surface area (Å²) in [6.07, 6.45) is 0. The number of nitrogens with zero attached hydrogens (tertiary/aromatic N) is 2. The van der Waals surface area contributed by atoms with E-state index in [2.05, 4.69) is 10.2 Å². The lowest BCUT2D eigenvalue weighted by Crippen LogP contribution is -2.54. The van der Waals surface area contributed by atoms with Crippen molar-refractivity contribution in [3.8, 4) is 17.2 Å². The van der Waals surface area contributed by atoms with Gasteiger partial charge in [-0.15, -0.1) is 0 Å². The summed E-state index contributed by atoms with van der Waals surface area (Å²) in [5.74, 6) is 2.62. The van der Waals surface area contributed by atoms with Crippen LogP contribution >= 0.6 is 11.6 Å². The van der Waals surface area contributed by atoms with E-state index in [0.717, 1.165) is 30.2 Å². The van der Waals surface area contributed by atoms with E-state index in [1.807, 2.05) is 36.4 Å². The van der Waals surface area contributed by atoms with Gasteiger partial charge in [0.2, 0.25) is 0 Å². The largest absolute Gasteiger partial charge is 0.492 e. The zero-order valence-electron chi connectivity index (χ0n) is 18.7. The molecule has 174 valence electrons. The summed E-state index contributed by atoms with van der Waals surface area (Å²) in [4.78, 5) is 18.8. The third kappa shape index (κ3) is 4.71. The Morgan fingerprint density at radius 3 is 2.79 bits per heavy atom. The van der Waals surface area contributed by atoms with Gasteiger partial charge in [0.05, 0.1) is 24.3 Å². The maximum atomic E-state index is 11.6. The molecule has 3 aromatic rings. The molecule has 8 heteroatoms. The fraction of sp³-hybridized carbons (Fsp3) is 0.231. The average molecular weight is 478 g/mol. The van der Waals surface area contributed by atoms with Crippen LogP contribution in [0.4, 0.5) is 5.69 Å². The molecule has 0 saturated carbocycles. The molecule has 0 spiro atoms. The minimum Gasteiger partial charge on any atom is -0.492 e. The number of fused-ring (bicyclic) bond motifs is 2. The first-order valence-electron chi connectivity index (χ1n) is 11.1. The predicted molar refractivity (Wildman–Crippen MR) is 131 cm³/mol. The van der Waals surface area contributed by atoms with Crippen LogP contribution in [0.5, 0.6) is 17.2 Å². The molecule has 1 N–H and O–H groups in total. The fourth-order valence-electron chi connectivity index (χ4n) is 4.07. The number of hydrogen-bond donors (Lipinski definition) is 1. The number of halogens is 1. The molecule has 2 heterocycles. The molecule has 0 aliphatic carbocycles. The van der Waals surface area contributed by atoms with Crippen molar-refractivity contribution in [2.24, 2.45) is 4.99 Å². The number of para-hydroxylation sites is 1. The molecule has 34 heavy (non-hydrogen) atoms. The van der Waals surface area contributed by atoms with E-state index in [1.165, 1.54) is 7.11 Å². The first kappa shape index (κ1) is 22.3. The lowest BCUT2D eigenvalue weighted by Gasteiger charge is -2.35. The summed E-state index contributed by atoms with van der Waals surface area (Å²) in [6.45, 7) is 2.78. The summed E-state index contributed by atoms with van der Waals surface area (Å²) in [6, 6.07) is 20.4.